The van der Waals surface area contributed by atoms with Gasteiger partial charge in [0.05, 0.1) is 0 Å². The van der Waals surface area contributed by atoms with Crippen LogP contribution >= 0.6 is 0 Å². The Hall–Kier alpha value is -2.17. The summed E-state index contributed by atoms with van der Waals surface area (Å²) >= 11 is 0. The predicted octanol–water partition coefficient (Wildman–Crippen LogP) is 1.15. The molecule has 2 N–H and O–H groups in total. The largest absolute Gasteiger partial charge is 0.477 e. The van der Waals surface area contributed by atoms with Crippen LogP contribution in [0.4, 0.5) is 4.39 Å². The minimum absolute atomic E-state index is 0.166. The molecule has 0 spiro atoms. The minimum Gasteiger partial charge on any atom is -0.477 e. The summed E-state index contributed by atoms with van der Waals surface area (Å²) in [5.41, 5.74) is -0.261. The SMILES string of the molecule is C=C(NC(=O)c1ccc(F)cc1)C(=O)O. The molecular formula is C10H8FNO3. The topological polar surface area (TPSA) is 66.4 Å². The van der Waals surface area contributed by atoms with Crippen molar-refractivity contribution in [1.29, 1.82) is 0 Å². The van der Waals surface area contributed by atoms with Gasteiger partial charge in [-0.25, -0.2) is 9.18 Å². The summed E-state index contributed by atoms with van der Waals surface area (Å²) in [6, 6.07) is 4.72. The molecule has 0 aromatic heterocycles. The van der Waals surface area contributed by atoms with E-state index in [1.54, 1.807) is 0 Å². The molecule has 1 aromatic carbocycles. The quantitative estimate of drug-likeness (QED) is 0.734. The van der Waals surface area contributed by atoms with Gasteiger partial charge in [-0.3, -0.25) is 4.79 Å². The standard InChI is InChI=1S/C10H8FNO3/c1-6(10(14)15)12-9(13)7-2-4-8(11)5-3-7/h2-5H,1H2,(H,12,13)(H,14,15). The van der Waals surface area contributed by atoms with Gasteiger partial charge < -0.3 is 10.4 Å². The molecule has 0 heterocycles. The van der Waals surface area contributed by atoms with Gasteiger partial charge in [0.25, 0.3) is 5.91 Å². The van der Waals surface area contributed by atoms with Crippen molar-refractivity contribution >= 4 is 11.9 Å². The van der Waals surface area contributed by atoms with Gasteiger partial charge in [-0.15, -0.1) is 0 Å². The van der Waals surface area contributed by atoms with Gasteiger partial charge in [0.1, 0.15) is 11.5 Å². The second-order valence-electron chi connectivity index (χ2n) is 2.74. The number of nitrogens with one attached hydrogen (secondary N) is 1. The Morgan fingerprint density at radius 3 is 2.27 bits per heavy atom. The van der Waals surface area contributed by atoms with Crippen molar-refractivity contribution in [2.75, 3.05) is 0 Å². The molecule has 1 amide bonds. The molecule has 78 valence electrons. The fraction of sp³-hybridized carbons (Fsp3) is 0. The first-order chi connectivity index (χ1) is 7.00. The second kappa shape index (κ2) is 4.36. The maximum atomic E-state index is 12.5. The summed E-state index contributed by atoms with van der Waals surface area (Å²) < 4.78 is 12.5. The number of amides is 1. The maximum absolute atomic E-state index is 12.5. The van der Waals surface area contributed by atoms with Crippen LogP contribution in [-0.2, 0) is 4.79 Å². The molecule has 1 rings (SSSR count). The highest BCUT2D eigenvalue weighted by Gasteiger charge is 2.10. The highest BCUT2D eigenvalue weighted by molar-refractivity contribution is 6.00. The maximum Gasteiger partial charge on any atom is 0.351 e. The first-order valence-corrected chi connectivity index (χ1v) is 4.00. The van der Waals surface area contributed by atoms with E-state index in [9.17, 15) is 14.0 Å². The van der Waals surface area contributed by atoms with E-state index in [-0.39, 0.29) is 5.56 Å². The lowest BCUT2D eigenvalue weighted by Gasteiger charge is -2.03. The van der Waals surface area contributed by atoms with Crippen LogP contribution in [0.3, 0.4) is 0 Å². The summed E-state index contributed by atoms with van der Waals surface area (Å²) in [4.78, 5) is 21.7. The van der Waals surface area contributed by atoms with E-state index >= 15 is 0 Å². The van der Waals surface area contributed by atoms with E-state index in [2.05, 4.69) is 11.9 Å². The van der Waals surface area contributed by atoms with E-state index in [1.165, 1.54) is 12.1 Å². The Morgan fingerprint density at radius 1 is 1.27 bits per heavy atom. The van der Waals surface area contributed by atoms with Gasteiger partial charge in [0, 0.05) is 5.56 Å². The first-order valence-electron chi connectivity index (χ1n) is 4.00. The molecule has 0 aliphatic heterocycles. The van der Waals surface area contributed by atoms with Gasteiger partial charge >= 0.3 is 5.97 Å². The summed E-state index contributed by atoms with van der Waals surface area (Å²) in [5, 5.41) is 10.5. The summed E-state index contributed by atoms with van der Waals surface area (Å²) in [5.74, 6) is -2.42. The molecule has 5 heteroatoms. The highest BCUT2D eigenvalue weighted by atomic mass is 19.1. The number of hydrogen-bond acceptors (Lipinski definition) is 2. The van der Waals surface area contributed by atoms with E-state index in [0.717, 1.165) is 12.1 Å². The Morgan fingerprint density at radius 2 is 1.80 bits per heavy atom. The number of carbonyl (C=O) groups is 2. The summed E-state index contributed by atoms with van der Waals surface area (Å²) in [6.07, 6.45) is 0. The zero-order valence-electron chi connectivity index (χ0n) is 7.66. The molecule has 0 saturated carbocycles. The lowest BCUT2D eigenvalue weighted by molar-refractivity contribution is -0.132. The van der Waals surface area contributed by atoms with Crippen LogP contribution in [-0.4, -0.2) is 17.0 Å². The van der Waals surface area contributed by atoms with Crippen LogP contribution in [0.2, 0.25) is 0 Å². The second-order valence-corrected chi connectivity index (χ2v) is 2.74. The number of benzene rings is 1. The predicted molar refractivity (Wildman–Crippen MR) is 50.6 cm³/mol. The van der Waals surface area contributed by atoms with Crippen molar-refractivity contribution in [2.45, 2.75) is 0 Å². The van der Waals surface area contributed by atoms with Crippen molar-refractivity contribution < 1.29 is 19.1 Å². The Kier molecular flexibility index (Phi) is 3.17. The molecule has 0 aliphatic rings. The van der Waals surface area contributed by atoms with E-state index < -0.39 is 23.4 Å². The Bertz CT molecular complexity index is 411. The third kappa shape index (κ3) is 2.91. The van der Waals surface area contributed by atoms with Crippen molar-refractivity contribution in [3.63, 3.8) is 0 Å². The molecule has 4 nitrogen and oxygen atoms in total. The average Bonchev–Trinajstić information content (AvgIpc) is 2.18. The number of aliphatic carboxylic acids is 1. The molecular weight excluding hydrogens is 201 g/mol. The van der Waals surface area contributed by atoms with Crippen LogP contribution in [0.5, 0.6) is 0 Å². The van der Waals surface area contributed by atoms with E-state index in [1.807, 2.05) is 0 Å². The van der Waals surface area contributed by atoms with Gasteiger partial charge in [0.15, 0.2) is 0 Å². The van der Waals surface area contributed by atoms with Crippen molar-refractivity contribution in [3.8, 4) is 0 Å². The molecule has 1 aromatic rings. The average molecular weight is 209 g/mol. The van der Waals surface area contributed by atoms with Gasteiger partial charge in [-0.1, -0.05) is 6.58 Å². The number of carboxylic acids is 1. The smallest absolute Gasteiger partial charge is 0.351 e. The third-order valence-corrected chi connectivity index (χ3v) is 1.63. The van der Waals surface area contributed by atoms with Crippen molar-refractivity contribution in [1.82, 2.24) is 5.32 Å². The normalized spacial score (nSPS) is 9.40. The zero-order valence-corrected chi connectivity index (χ0v) is 7.66. The molecule has 0 fully saturated rings. The molecule has 0 atom stereocenters. The Labute approximate surface area is 85.0 Å². The van der Waals surface area contributed by atoms with Crippen LogP contribution < -0.4 is 5.32 Å². The van der Waals surface area contributed by atoms with Crippen LogP contribution in [0.15, 0.2) is 36.5 Å². The monoisotopic (exact) mass is 209 g/mol. The summed E-state index contributed by atoms with van der Waals surface area (Å²) in [6.45, 7) is 3.13. The van der Waals surface area contributed by atoms with E-state index in [4.69, 9.17) is 5.11 Å². The number of hydrogen-bond donors (Lipinski definition) is 2. The van der Waals surface area contributed by atoms with Crippen LogP contribution in [0.25, 0.3) is 0 Å². The van der Waals surface area contributed by atoms with Gasteiger partial charge in [-0.2, -0.15) is 0 Å². The van der Waals surface area contributed by atoms with Crippen molar-refractivity contribution in [2.24, 2.45) is 0 Å². The fourth-order valence-corrected chi connectivity index (χ4v) is 0.864. The molecule has 0 saturated heterocycles. The molecule has 15 heavy (non-hydrogen) atoms. The number of carboxylic acid groups (broad SMARTS) is 1. The minimum atomic E-state index is -1.31. The third-order valence-electron chi connectivity index (χ3n) is 1.63. The lowest BCUT2D eigenvalue weighted by atomic mass is 10.2. The van der Waals surface area contributed by atoms with Crippen molar-refractivity contribution in [3.05, 3.63) is 47.9 Å². The van der Waals surface area contributed by atoms with E-state index in [0.29, 0.717) is 0 Å². The summed E-state index contributed by atoms with van der Waals surface area (Å²) in [7, 11) is 0. The highest BCUT2D eigenvalue weighted by Crippen LogP contribution is 2.03. The number of halogens is 1. The fourth-order valence-electron chi connectivity index (χ4n) is 0.864. The first kappa shape index (κ1) is 10.9. The number of carbonyl (C=O) groups excluding carboxylic acids is 1. The lowest BCUT2D eigenvalue weighted by Crippen LogP contribution is -2.26. The molecule has 0 aliphatic carbocycles. The molecule has 0 unspecified atom stereocenters. The molecule has 0 bridgehead atoms. The number of rotatable bonds is 3. The Balaban J connectivity index is 2.74. The van der Waals surface area contributed by atoms with Gasteiger partial charge in [-0.05, 0) is 24.3 Å². The van der Waals surface area contributed by atoms with Gasteiger partial charge in [0.2, 0.25) is 0 Å². The van der Waals surface area contributed by atoms with Crippen LogP contribution in [0.1, 0.15) is 10.4 Å². The zero-order chi connectivity index (χ0) is 11.4. The molecule has 0 radical (unpaired) electrons. The van der Waals surface area contributed by atoms with Crippen LogP contribution in [0, 0.1) is 5.82 Å².